The molecule has 56 valence electrons. The monoisotopic (exact) mass is 167 g/mol. The van der Waals surface area contributed by atoms with E-state index < -0.39 is 7.80 Å². The van der Waals surface area contributed by atoms with Crippen LogP contribution in [-0.2, 0) is 4.57 Å². The molecule has 1 rings (SSSR count). The van der Waals surface area contributed by atoms with E-state index in [9.17, 15) is 9.36 Å². The highest BCUT2D eigenvalue weighted by Crippen LogP contribution is 2.14. The van der Waals surface area contributed by atoms with Crippen molar-refractivity contribution in [1.29, 1.82) is 0 Å². The third-order valence-electron chi connectivity index (χ3n) is 1.40. The quantitative estimate of drug-likeness (QED) is 0.495. The van der Waals surface area contributed by atoms with Crippen LogP contribution in [0.5, 0.6) is 0 Å². The Kier molecular flexibility index (Phi) is 2.50. The van der Waals surface area contributed by atoms with Crippen LogP contribution in [0.15, 0.2) is 24.3 Å². The lowest BCUT2D eigenvalue weighted by atomic mass is 10.2. The lowest BCUT2D eigenvalue weighted by Gasteiger charge is -1.88. The second-order valence-electron chi connectivity index (χ2n) is 2.17. The molecule has 2 nitrogen and oxygen atoms in total. The van der Waals surface area contributed by atoms with Gasteiger partial charge in [-0.3, -0.25) is 4.79 Å². The third-order valence-corrected chi connectivity index (χ3v) is 2.49. The highest BCUT2D eigenvalue weighted by atomic mass is 31.1. The maximum atomic E-state index is 11.0. The molecular formula is C8H8O2P+. The van der Waals surface area contributed by atoms with Gasteiger partial charge in [0.05, 0.1) is 5.56 Å². The maximum Gasteiger partial charge on any atom is 0.374 e. The van der Waals surface area contributed by atoms with Gasteiger partial charge in [-0.05, 0) is 12.1 Å². The summed E-state index contributed by atoms with van der Waals surface area (Å²) in [5, 5.41) is 0.637. The number of hydrogen-bond acceptors (Lipinski definition) is 2. The lowest BCUT2D eigenvalue weighted by molar-refractivity contribution is 0.112. The Morgan fingerprint density at radius 1 is 1.36 bits per heavy atom. The third kappa shape index (κ3) is 1.72. The summed E-state index contributed by atoms with van der Waals surface area (Å²) in [6.45, 7) is 1.59. The van der Waals surface area contributed by atoms with Crippen LogP contribution in [0.1, 0.15) is 10.4 Å². The van der Waals surface area contributed by atoms with Gasteiger partial charge in [0.15, 0.2) is 11.6 Å². The van der Waals surface area contributed by atoms with E-state index in [1.807, 2.05) is 0 Å². The molecule has 0 fully saturated rings. The van der Waals surface area contributed by atoms with Crippen molar-refractivity contribution >= 4 is 19.4 Å². The highest BCUT2D eigenvalue weighted by molar-refractivity contribution is 7.52. The van der Waals surface area contributed by atoms with E-state index in [1.165, 1.54) is 0 Å². The highest BCUT2D eigenvalue weighted by Gasteiger charge is 2.15. The van der Waals surface area contributed by atoms with Crippen LogP contribution in [0.4, 0.5) is 0 Å². The summed E-state index contributed by atoms with van der Waals surface area (Å²) < 4.78 is 11.0. The van der Waals surface area contributed by atoms with Crippen molar-refractivity contribution in [3.8, 4) is 0 Å². The Balaban J connectivity index is 3.22. The average molecular weight is 167 g/mol. The molecule has 11 heavy (non-hydrogen) atoms. The molecule has 0 aromatic heterocycles. The zero-order chi connectivity index (χ0) is 8.27. The number of hydrogen-bond donors (Lipinski definition) is 0. The van der Waals surface area contributed by atoms with Crippen molar-refractivity contribution in [2.75, 3.05) is 6.66 Å². The topological polar surface area (TPSA) is 34.1 Å². The molecule has 1 aromatic rings. The fourth-order valence-corrected chi connectivity index (χ4v) is 1.66. The molecular weight excluding hydrogens is 159 g/mol. The summed E-state index contributed by atoms with van der Waals surface area (Å²) in [6, 6.07) is 6.91. The minimum absolute atomic E-state index is 0.524. The molecule has 0 aliphatic carbocycles. The molecule has 1 atom stereocenters. The summed E-state index contributed by atoms with van der Waals surface area (Å²) in [7, 11) is -1.40. The van der Waals surface area contributed by atoms with E-state index in [4.69, 9.17) is 0 Å². The van der Waals surface area contributed by atoms with Gasteiger partial charge in [0, 0.05) is 0 Å². The second kappa shape index (κ2) is 3.40. The number of rotatable bonds is 2. The van der Waals surface area contributed by atoms with E-state index in [1.54, 1.807) is 30.9 Å². The van der Waals surface area contributed by atoms with Gasteiger partial charge in [-0.25, -0.2) is 0 Å². The van der Waals surface area contributed by atoms with E-state index in [0.717, 1.165) is 6.29 Å². The summed E-state index contributed by atoms with van der Waals surface area (Å²) in [5.74, 6) is 0. The molecule has 0 aliphatic rings. The fourth-order valence-electron chi connectivity index (χ4n) is 0.874. The zero-order valence-electron chi connectivity index (χ0n) is 6.15. The predicted octanol–water partition coefficient (Wildman–Crippen LogP) is 1.58. The summed E-state index contributed by atoms with van der Waals surface area (Å²) in [5.41, 5.74) is 0.524. The molecule has 0 saturated heterocycles. The van der Waals surface area contributed by atoms with Gasteiger partial charge >= 0.3 is 7.80 Å². The first-order valence-corrected chi connectivity index (χ1v) is 4.91. The molecule has 0 aliphatic heterocycles. The molecule has 0 saturated carbocycles. The van der Waals surface area contributed by atoms with Crippen molar-refractivity contribution < 1.29 is 9.36 Å². The van der Waals surface area contributed by atoms with E-state index in [-0.39, 0.29) is 0 Å². The van der Waals surface area contributed by atoms with Gasteiger partial charge in [0.2, 0.25) is 0 Å². The Morgan fingerprint density at radius 3 is 2.45 bits per heavy atom. The largest absolute Gasteiger partial charge is 0.374 e. The molecule has 0 bridgehead atoms. The lowest BCUT2D eigenvalue weighted by Crippen LogP contribution is -2.02. The molecule has 1 aromatic carbocycles. The van der Waals surface area contributed by atoms with E-state index in [2.05, 4.69) is 0 Å². The van der Waals surface area contributed by atoms with E-state index in [0.29, 0.717) is 10.9 Å². The van der Waals surface area contributed by atoms with Gasteiger partial charge < -0.3 is 0 Å². The number of aldehydes is 1. The van der Waals surface area contributed by atoms with Gasteiger partial charge in [-0.2, -0.15) is 0 Å². The minimum Gasteiger partial charge on any atom is -0.298 e. The van der Waals surface area contributed by atoms with Crippen molar-refractivity contribution in [1.82, 2.24) is 0 Å². The summed E-state index contributed by atoms with van der Waals surface area (Å²) in [4.78, 5) is 10.4. The fraction of sp³-hybridized carbons (Fsp3) is 0.125. The van der Waals surface area contributed by atoms with Crippen molar-refractivity contribution in [3.05, 3.63) is 29.8 Å². The Bertz CT molecular complexity index is 294. The van der Waals surface area contributed by atoms with Crippen LogP contribution in [0.25, 0.3) is 0 Å². The van der Waals surface area contributed by atoms with Gasteiger partial charge in [0.1, 0.15) is 6.66 Å². The second-order valence-corrected chi connectivity index (χ2v) is 3.65. The number of carbonyl (C=O) groups is 1. The van der Waals surface area contributed by atoms with Gasteiger partial charge in [-0.15, -0.1) is 0 Å². The molecule has 1 unspecified atom stereocenters. The normalized spacial score (nSPS) is 10.8. The maximum absolute atomic E-state index is 11.0. The van der Waals surface area contributed by atoms with Crippen LogP contribution in [-0.4, -0.2) is 13.0 Å². The molecule has 0 radical (unpaired) electrons. The molecule has 3 heteroatoms. The Labute approximate surface area is 66.0 Å². The van der Waals surface area contributed by atoms with Crippen molar-refractivity contribution in [2.45, 2.75) is 0 Å². The minimum atomic E-state index is -1.40. The molecule has 0 heterocycles. The Morgan fingerprint density at radius 2 is 2.00 bits per heavy atom. The van der Waals surface area contributed by atoms with Crippen LogP contribution in [0, 0.1) is 0 Å². The van der Waals surface area contributed by atoms with Gasteiger partial charge in [-0.1, -0.05) is 16.7 Å². The first-order chi connectivity index (χ1) is 5.25. The van der Waals surface area contributed by atoms with Crippen molar-refractivity contribution in [2.24, 2.45) is 0 Å². The molecule has 0 amide bonds. The standard InChI is InChI=1S/C8H8O2P/c1-11(10)8-5-3-2-4-7(8)6-9/h2-6H,1H3/q+1. The first-order valence-electron chi connectivity index (χ1n) is 3.21. The number of carbonyl (C=O) groups excluding carboxylic acids is 1. The van der Waals surface area contributed by atoms with Crippen molar-refractivity contribution in [3.63, 3.8) is 0 Å². The van der Waals surface area contributed by atoms with Crippen LogP contribution < -0.4 is 5.30 Å². The number of benzene rings is 1. The first kappa shape index (κ1) is 8.09. The van der Waals surface area contributed by atoms with Crippen LogP contribution in [0.3, 0.4) is 0 Å². The summed E-state index contributed by atoms with van der Waals surface area (Å²) in [6.07, 6.45) is 0.728. The van der Waals surface area contributed by atoms with Gasteiger partial charge in [0.25, 0.3) is 0 Å². The molecule has 0 N–H and O–H groups in total. The van der Waals surface area contributed by atoms with E-state index >= 15 is 0 Å². The van der Waals surface area contributed by atoms with Crippen LogP contribution in [0.2, 0.25) is 0 Å². The average Bonchev–Trinajstić information content (AvgIpc) is 2.04. The predicted molar refractivity (Wildman–Crippen MR) is 45.0 cm³/mol. The SMILES string of the molecule is C[P+](=O)c1ccccc1C=O. The summed E-state index contributed by atoms with van der Waals surface area (Å²) >= 11 is 0. The molecule has 0 spiro atoms. The zero-order valence-corrected chi connectivity index (χ0v) is 7.04. The Hall–Kier alpha value is -1.01. The smallest absolute Gasteiger partial charge is 0.298 e. The van der Waals surface area contributed by atoms with Crippen LogP contribution >= 0.6 is 7.80 Å².